The lowest BCUT2D eigenvalue weighted by molar-refractivity contribution is -0.141. The summed E-state index contributed by atoms with van der Waals surface area (Å²) in [4.78, 5) is 19.2. The molecule has 0 amide bonds. The number of rotatable bonds is 4. The number of carbonyl (C=O) groups is 1. The fraction of sp³-hybridized carbons (Fsp3) is 0.214. The first-order valence-corrected chi connectivity index (χ1v) is 6.22. The van der Waals surface area contributed by atoms with Gasteiger partial charge in [-0.05, 0) is 6.07 Å². The van der Waals surface area contributed by atoms with Crippen molar-refractivity contribution in [2.75, 3.05) is 18.5 Å². The quantitative estimate of drug-likeness (QED) is 0.940. The van der Waals surface area contributed by atoms with Gasteiger partial charge in [0, 0.05) is 12.6 Å². The lowest BCUT2D eigenvalue weighted by Gasteiger charge is -2.17. The van der Waals surface area contributed by atoms with Crippen molar-refractivity contribution < 1.29 is 23.1 Å². The predicted octanol–water partition coefficient (Wildman–Crippen LogP) is 2.68. The zero-order valence-electron chi connectivity index (χ0n) is 11.5. The Bertz CT molecular complexity index is 675. The molecule has 1 heterocycles. The molecule has 0 aliphatic rings. The fourth-order valence-corrected chi connectivity index (χ4v) is 1.78. The van der Waals surface area contributed by atoms with Gasteiger partial charge < -0.3 is 10.0 Å². The molecule has 22 heavy (non-hydrogen) atoms. The molecule has 0 saturated heterocycles. The van der Waals surface area contributed by atoms with Crippen LogP contribution in [0.15, 0.2) is 36.4 Å². The summed E-state index contributed by atoms with van der Waals surface area (Å²) in [6, 6.07) is 9.14. The number of halogens is 3. The van der Waals surface area contributed by atoms with E-state index in [-0.39, 0.29) is 11.6 Å². The highest BCUT2D eigenvalue weighted by atomic mass is 19.4. The Morgan fingerprint density at radius 1 is 1.23 bits per heavy atom. The Kier molecular flexibility index (Phi) is 4.30. The molecular weight excluding hydrogens is 299 g/mol. The molecule has 0 atom stereocenters. The number of hydrogen-bond donors (Lipinski definition) is 1. The predicted molar refractivity (Wildman–Crippen MR) is 73.4 cm³/mol. The van der Waals surface area contributed by atoms with E-state index in [4.69, 9.17) is 5.11 Å². The minimum Gasteiger partial charge on any atom is -0.480 e. The van der Waals surface area contributed by atoms with Crippen LogP contribution >= 0.6 is 0 Å². The number of anilines is 1. The van der Waals surface area contributed by atoms with E-state index in [1.54, 1.807) is 30.3 Å². The van der Waals surface area contributed by atoms with Crippen LogP contribution in [0.25, 0.3) is 11.3 Å². The van der Waals surface area contributed by atoms with Gasteiger partial charge in [0.1, 0.15) is 6.54 Å². The van der Waals surface area contributed by atoms with Gasteiger partial charge in [-0.2, -0.15) is 13.2 Å². The van der Waals surface area contributed by atoms with Crippen molar-refractivity contribution in [2.45, 2.75) is 6.18 Å². The third-order valence-corrected chi connectivity index (χ3v) is 2.79. The highest BCUT2D eigenvalue weighted by molar-refractivity contribution is 5.72. The molecule has 0 saturated carbocycles. The number of likely N-dealkylation sites (N-methyl/N-ethyl adjacent to an activating group) is 1. The number of alkyl halides is 3. The summed E-state index contributed by atoms with van der Waals surface area (Å²) in [5.74, 6) is -1.49. The van der Waals surface area contributed by atoms with Crippen LogP contribution in [0.4, 0.5) is 19.1 Å². The second-order valence-corrected chi connectivity index (χ2v) is 4.55. The monoisotopic (exact) mass is 311 g/mol. The molecule has 0 aliphatic heterocycles. The smallest absolute Gasteiger partial charge is 0.433 e. The van der Waals surface area contributed by atoms with E-state index in [1.807, 2.05) is 0 Å². The first kappa shape index (κ1) is 15.7. The Morgan fingerprint density at radius 3 is 2.41 bits per heavy atom. The zero-order chi connectivity index (χ0) is 16.3. The van der Waals surface area contributed by atoms with Crippen molar-refractivity contribution in [1.82, 2.24) is 9.97 Å². The maximum atomic E-state index is 13.0. The van der Waals surface area contributed by atoms with Gasteiger partial charge in [0.2, 0.25) is 5.95 Å². The molecule has 1 aromatic heterocycles. The topological polar surface area (TPSA) is 66.3 Å². The van der Waals surface area contributed by atoms with E-state index in [1.165, 1.54) is 7.05 Å². The molecule has 1 aromatic carbocycles. The van der Waals surface area contributed by atoms with Gasteiger partial charge in [-0.25, -0.2) is 9.97 Å². The molecule has 0 unspecified atom stereocenters. The molecule has 0 aliphatic carbocycles. The van der Waals surface area contributed by atoms with Crippen molar-refractivity contribution in [3.8, 4) is 11.3 Å². The summed E-state index contributed by atoms with van der Waals surface area (Å²) >= 11 is 0. The first-order chi connectivity index (χ1) is 10.3. The average Bonchev–Trinajstić information content (AvgIpc) is 2.46. The summed E-state index contributed by atoms with van der Waals surface area (Å²) in [6.07, 6.45) is -4.65. The number of aromatic nitrogens is 2. The maximum Gasteiger partial charge on any atom is 0.433 e. The number of aliphatic carboxylic acids is 1. The second-order valence-electron chi connectivity index (χ2n) is 4.55. The van der Waals surface area contributed by atoms with Crippen molar-refractivity contribution >= 4 is 11.9 Å². The van der Waals surface area contributed by atoms with Crippen LogP contribution in [0.5, 0.6) is 0 Å². The highest BCUT2D eigenvalue weighted by Gasteiger charge is 2.34. The minimum atomic E-state index is -4.65. The van der Waals surface area contributed by atoms with Crippen LogP contribution in [-0.2, 0) is 11.0 Å². The Hall–Kier alpha value is -2.64. The summed E-state index contributed by atoms with van der Waals surface area (Å²) in [5.41, 5.74) is -0.552. The van der Waals surface area contributed by atoms with Crippen molar-refractivity contribution in [1.29, 1.82) is 0 Å². The zero-order valence-corrected chi connectivity index (χ0v) is 11.5. The maximum absolute atomic E-state index is 13.0. The van der Waals surface area contributed by atoms with Gasteiger partial charge in [0.15, 0.2) is 5.69 Å². The van der Waals surface area contributed by atoms with Crippen molar-refractivity contribution in [3.63, 3.8) is 0 Å². The van der Waals surface area contributed by atoms with Gasteiger partial charge in [-0.1, -0.05) is 30.3 Å². The van der Waals surface area contributed by atoms with Crippen molar-refractivity contribution in [2.24, 2.45) is 0 Å². The summed E-state index contributed by atoms with van der Waals surface area (Å²) in [7, 11) is 1.32. The SMILES string of the molecule is CN(CC(=O)O)c1nc(-c2ccccc2)cc(C(F)(F)F)n1. The Morgan fingerprint density at radius 2 is 1.86 bits per heavy atom. The van der Waals surface area contributed by atoms with E-state index in [9.17, 15) is 18.0 Å². The molecule has 0 radical (unpaired) electrons. The van der Waals surface area contributed by atoms with E-state index >= 15 is 0 Å². The number of benzene rings is 1. The number of hydrogen-bond acceptors (Lipinski definition) is 4. The average molecular weight is 311 g/mol. The third kappa shape index (κ3) is 3.72. The van der Waals surface area contributed by atoms with Crippen LogP contribution in [0.3, 0.4) is 0 Å². The molecule has 0 fully saturated rings. The van der Waals surface area contributed by atoms with Crippen LogP contribution in [0.1, 0.15) is 5.69 Å². The fourth-order valence-electron chi connectivity index (χ4n) is 1.78. The van der Waals surface area contributed by atoms with Crippen LogP contribution in [0, 0.1) is 0 Å². The molecule has 0 bridgehead atoms. The van der Waals surface area contributed by atoms with Gasteiger partial charge >= 0.3 is 12.1 Å². The van der Waals surface area contributed by atoms with E-state index < -0.39 is 24.4 Å². The van der Waals surface area contributed by atoms with Crippen LogP contribution in [0.2, 0.25) is 0 Å². The molecule has 0 spiro atoms. The molecular formula is C14H12F3N3O2. The number of nitrogens with zero attached hydrogens (tertiary/aromatic N) is 3. The Balaban J connectivity index is 2.53. The molecule has 116 valence electrons. The molecule has 5 nitrogen and oxygen atoms in total. The lowest BCUT2D eigenvalue weighted by atomic mass is 10.1. The second kappa shape index (κ2) is 6.00. The molecule has 1 N–H and O–H groups in total. The Labute approximate surface area is 124 Å². The minimum absolute atomic E-state index is 0.0789. The standard InChI is InChI=1S/C14H12F3N3O2/c1-20(8-12(21)22)13-18-10(9-5-3-2-4-6-9)7-11(19-13)14(15,16)17/h2-7H,8H2,1H3,(H,21,22). The number of carboxylic acids is 1. The normalized spacial score (nSPS) is 11.3. The van der Waals surface area contributed by atoms with E-state index in [0.29, 0.717) is 5.56 Å². The van der Waals surface area contributed by atoms with E-state index in [0.717, 1.165) is 11.0 Å². The molecule has 8 heteroatoms. The molecule has 2 aromatic rings. The first-order valence-electron chi connectivity index (χ1n) is 6.22. The summed E-state index contributed by atoms with van der Waals surface area (Å²) in [5, 5.41) is 8.74. The largest absolute Gasteiger partial charge is 0.480 e. The van der Waals surface area contributed by atoms with Crippen LogP contribution in [-0.4, -0.2) is 34.6 Å². The summed E-state index contributed by atoms with van der Waals surface area (Å²) in [6.45, 7) is -0.504. The van der Waals surface area contributed by atoms with E-state index in [2.05, 4.69) is 9.97 Å². The van der Waals surface area contributed by atoms with Crippen molar-refractivity contribution in [3.05, 3.63) is 42.1 Å². The highest BCUT2D eigenvalue weighted by Crippen LogP contribution is 2.31. The van der Waals surface area contributed by atoms with Gasteiger partial charge in [0.05, 0.1) is 5.69 Å². The third-order valence-electron chi connectivity index (χ3n) is 2.79. The molecule has 2 rings (SSSR count). The van der Waals surface area contributed by atoms with Crippen LogP contribution < -0.4 is 4.90 Å². The van der Waals surface area contributed by atoms with Gasteiger partial charge in [0.25, 0.3) is 0 Å². The van der Waals surface area contributed by atoms with Gasteiger partial charge in [-0.3, -0.25) is 4.79 Å². The number of carboxylic acid groups (broad SMARTS) is 1. The lowest BCUT2D eigenvalue weighted by Crippen LogP contribution is -2.28. The summed E-state index contributed by atoms with van der Waals surface area (Å²) < 4.78 is 38.9. The van der Waals surface area contributed by atoms with Gasteiger partial charge in [-0.15, -0.1) is 0 Å².